The summed E-state index contributed by atoms with van der Waals surface area (Å²) in [5.41, 5.74) is 0. The average molecular weight is 267 g/mol. The van der Waals surface area contributed by atoms with E-state index in [4.69, 9.17) is 9.26 Å². The van der Waals surface area contributed by atoms with Crippen LogP contribution in [0.4, 0.5) is 0 Å². The Kier molecular flexibility index (Phi) is 5.79. The zero-order valence-corrected chi connectivity index (χ0v) is 12.0. The van der Waals surface area contributed by atoms with Crippen molar-refractivity contribution in [1.29, 1.82) is 0 Å². The van der Waals surface area contributed by atoms with Crippen LogP contribution in [0.3, 0.4) is 0 Å². The van der Waals surface area contributed by atoms with E-state index in [0.29, 0.717) is 12.6 Å². The molecular formula is C14H25N3O2. The standard InChI is InChI=1S/C14H25N3O2/c1-3-18-9-8-13-16-14(19-17-13)10-12(15-2)11-6-4-5-7-11/h11-12,15H,3-10H2,1-2H3. The van der Waals surface area contributed by atoms with E-state index in [1.54, 1.807) is 0 Å². The third-order valence-electron chi connectivity index (χ3n) is 3.92. The normalized spacial score (nSPS) is 18.0. The van der Waals surface area contributed by atoms with Gasteiger partial charge in [0.05, 0.1) is 6.61 Å². The SMILES string of the molecule is CCOCCc1noc(CC(NC)C2CCCC2)n1. The number of hydrogen-bond acceptors (Lipinski definition) is 5. The Hall–Kier alpha value is -0.940. The molecule has 2 rings (SSSR count). The van der Waals surface area contributed by atoms with Gasteiger partial charge in [-0.25, -0.2) is 0 Å². The van der Waals surface area contributed by atoms with E-state index in [0.717, 1.165) is 37.1 Å². The van der Waals surface area contributed by atoms with E-state index < -0.39 is 0 Å². The van der Waals surface area contributed by atoms with Gasteiger partial charge in [-0.2, -0.15) is 4.98 Å². The summed E-state index contributed by atoms with van der Waals surface area (Å²) >= 11 is 0. The molecule has 0 spiro atoms. The van der Waals surface area contributed by atoms with E-state index in [1.165, 1.54) is 25.7 Å². The molecule has 0 amide bonds. The molecule has 1 unspecified atom stereocenters. The number of ether oxygens (including phenoxy) is 1. The molecule has 1 N–H and O–H groups in total. The van der Waals surface area contributed by atoms with Crippen molar-refractivity contribution in [3.63, 3.8) is 0 Å². The molecule has 0 radical (unpaired) electrons. The van der Waals surface area contributed by atoms with Gasteiger partial charge in [-0.05, 0) is 32.7 Å². The van der Waals surface area contributed by atoms with Gasteiger partial charge in [0.15, 0.2) is 5.82 Å². The third-order valence-corrected chi connectivity index (χ3v) is 3.92. The minimum absolute atomic E-state index is 0.461. The van der Waals surface area contributed by atoms with Crippen LogP contribution in [0, 0.1) is 5.92 Å². The van der Waals surface area contributed by atoms with Crippen molar-refractivity contribution in [2.24, 2.45) is 5.92 Å². The van der Waals surface area contributed by atoms with Gasteiger partial charge < -0.3 is 14.6 Å². The highest BCUT2D eigenvalue weighted by Gasteiger charge is 2.25. The number of nitrogens with one attached hydrogen (secondary N) is 1. The number of hydrogen-bond donors (Lipinski definition) is 1. The molecule has 0 bridgehead atoms. The van der Waals surface area contributed by atoms with Crippen LogP contribution in [0.2, 0.25) is 0 Å². The summed E-state index contributed by atoms with van der Waals surface area (Å²) in [6.45, 7) is 3.38. The van der Waals surface area contributed by atoms with Crippen molar-refractivity contribution in [2.75, 3.05) is 20.3 Å². The molecule has 1 heterocycles. The van der Waals surface area contributed by atoms with E-state index in [1.807, 2.05) is 14.0 Å². The molecule has 5 heteroatoms. The van der Waals surface area contributed by atoms with Gasteiger partial charge in [0, 0.05) is 25.5 Å². The molecule has 1 aliphatic rings. The first kappa shape index (κ1) is 14.5. The van der Waals surface area contributed by atoms with Crippen molar-refractivity contribution in [1.82, 2.24) is 15.5 Å². The van der Waals surface area contributed by atoms with Gasteiger partial charge in [-0.3, -0.25) is 0 Å². The second kappa shape index (κ2) is 7.60. The Morgan fingerprint density at radius 1 is 1.42 bits per heavy atom. The van der Waals surface area contributed by atoms with Crippen LogP contribution in [0.15, 0.2) is 4.52 Å². The predicted octanol–water partition coefficient (Wildman–Crippen LogP) is 1.97. The van der Waals surface area contributed by atoms with Gasteiger partial charge in [-0.15, -0.1) is 0 Å². The highest BCUT2D eigenvalue weighted by molar-refractivity contribution is 4.92. The molecule has 1 saturated carbocycles. The minimum atomic E-state index is 0.461. The summed E-state index contributed by atoms with van der Waals surface area (Å²) in [5, 5.41) is 7.41. The van der Waals surface area contributed by atoms with Gasteiger partial charge in [0.2, 0.25) is 5.89 Å². The lowest BCUT2D eigenvalue weighted by atomic mass is 9.95. The summed E-state index contributed by atoms with van der Waals surface area (Å²) in [7, 11) is 2.02. The van der Waals surface area contributed by atoms with Crippen LogP contribution in [0.5, 0.6) is 0 Å². The Balaban J connectivity index is 1.83. The summed E-state index contributed by atoms with van der Waals surface area (Å²) in [6.07, 6.45) is 6.90. The van der Waals surface area contributed by atoms with Crippen molar-refractivity contribution in [2.45, 2.75) is 51.5 Å². The smallest absolute Gasteiger partial charge is 0.228 e. The maximum Gasteiger partial charge on any atom is 0.228 e. The van der Waals surface area contributed by atoms with Crippen LogP contribution in [0.1, 0.15) is 44.3 Å². The van der Waals surface area contributed by atoms with Crippen LogP contribution in [0.25, 0.3) is 0 Å². The zero-order chi connectivity index (χ0) is 13.5. The van der Waals surface area contributed by atoms with E-state index in [9.17, 15) is 0 Å². The van der Waals surface area contributed by atoms with Crippen LogP contribution < -0.4 is 5.32 Å². The maximum atomic E-state index is 5.33. The molecule has 1 atom stereocenters. The largest absolute Gasteiger partial charge is 0.381 e. The molecule has 1 aliphatic carbocycles. The molecule has 0 saturated heterocycles. The molecule has 1 fully saturated rings. The molecule has 5 nitrogen and oxygen atoms in total. The van der Waals surface area contributed by atoms with Crippen molar-refractivity contribution < 1.29 is 9.26 Å². The maximum absolute atomic E-state index is 5.33. The fraction of sp³-hybridized carbons (Fsp3) is 0.857. The molecule has 1 aromatic heterocycles. The highest BCUT2D eigenvalue weighted by atomic mass is 16.5. The van der Waals surface area contributed by atoms with Crippen molar-refractivity contribution in [3.8, 4) is 0 Å². The van der Waals surface area contributed by atoms with Gasteiger partial charge >= 0.3 is 0 Å². The van der Waals surface area contributed by atoms with E-state index in [2.05, 4.69) is 15.5 Å². The number of likely N-dealkylation sites (N-methyl/N-ethyl adjacent to an activating group) is 1. The van der Waals surface area contributed by atoms with E-state index in [-0.39, 0.29) is 0 Å². The predicted molar refractivity (Wildman–Crippen MR) is 73.0 cm³/mol. The minimum Gasteiger partial charge on any atom is -0.381 e. The zero-order valence-electron chi connectivity index (χ0n) is 12.0. The summed E-state index contributed by atoms with van der Waals surface area (Å²) in [6, 6.07) is 0.461. The number of aromatic nitrogens is 2. The van der Waals surface area contributed by atoms with Crippen molar-refractivity contribution in [3.05, 3.63) is 11.7 Å². The lowest BCUT2D eigenvalue weighted by Crippen LogP contribution is -2.34. The number of rotatable bonds is 8. The summed E-state index contributed by atoms with van der Waals surface area (Å²) in [4.78, 5) is 4.44. The van der Waals surface area contributed by atoms with Crippen LogP contribution in [-0.4, -0.2) is 36.4 Å². The van der Waals surface area contributed by atoms with Gasteiger partial charge in [0.1, 0.15) is 0 Å². The van der Waals surface area contributed by atoms with Crippen LogP contribution in [-0.2, 0) is 17.6 Å². The number of nitrogens with zero attached hydrogens (tertiary/aromatic N) is 2. The average Bonchev–Trinajstić information content (AvgIpc) is 3.07. The molecule has 0 aliphatic heterocycles. The second-order valence-corrected chi connectivity index (χ2v) is 5.20. The lowest BCUT2D eigenvalue weighted by molar-refractivity contribution is 0.149. The molecule has 1 aromatic rings. The summed E-state index contributed by atoms with van der Waals surface area (Å²) < 4.78 is 10.6. The monoisotopic (exact) mass is 267 g/mol. The first-order valence-electron chi connectivity index (χ1n) is 7.40. The van der Waals surface area contributed by atoms with E-state index >= 15 is 0 Å². The highest BCUT2D eigenvalue weighted by Crippen LogP contribution is 2.28. The molecule has 108 valence electrons. The molecular weight excluding hydrogens is 242 g/mol. The second-order valence-electron chi connectivity index (χ2n) is 5.20. The lowest BCUT2D eigenvalue weighted by Gasteiger charge is -2.20. The molecule has 0 aromatic carbocycles. The Bertz CT molecular complexity index is 361. The fourth-order valence-electron chi connectivity index (χ4n) is 2.83. The quantitative estimate of drug-likeness (QED) is 0.730. The first-order chi connectivity index (χ1) is 9.33. The first-order valence-corrected chi connectivity index (χ1v) is 7.40. The topological polar surface area (TPSA) is 60.2 Å². The fourth-order valence-corrected chi connectivity index (χ4v) is 2.83. The Morgan fingerprint density at radius 3 is 2.89 bits per heavy atom. The van der Waals surface area contributed by atoms with Gasteiger partial charge in [0.25, 0.3) is 0 Å². The van der Waals surface area contributed by atoms with Gasteiger partial charge in [-0.1, -0.05) is 18.0 Å². The third kappa shape index (κ3) is 4.28. The molecule has 19 heavy (non-hydrogen) atoms. The Morgan fingerprint density at radius 2 is 2.21 bits per heavy atom. The summed E-state index contributed by atoms with van der Waals surface area (Å²) in [5.74, 6) is 2.26. The van der Waals surface area contributed by atoms with Crippen LogP contribution >= 0.6 is 0 Å². The Labute approximate surface area is 115 Å². The van der Waals surface area contributed by atoms with Crippen molar-refractivity contribution >= 4 is 0 Å².